The first-order valence-electron chi connectivity index (χ1n) is 13.5. The zero-order valence-electron chi connectivity index (χ0n) is 22.9. The van der Waals surface area contributed by atoms with E-state index < -0.39 is 22.1 Å². The van der Waals surface area contributed by atoms with E-state index in [0.717, 1.165) is 23.0 Å². The number of nitrogens with one attached hydrogen (secondary N) is 1. The zero-order chi connectivity index (χ0) is 27.9. The fourth-order valence-corrected chi connectivity index (χ4v) is 6.28. The SMILES string of the molecule is CC(C)c1ccc(N2C[C@H](CCS(C)(=O)=O)[C@H]2C)c2cnc(Nc3ccnc(N4CC[C@H](O)[C@H](F)C4)n3)cc12. The van der Waals surface area contributed by atoms with Crippen LogP contribution in [0.1, 0.15) is 45.1 Å². The van der Waals surface area contributed by atoms with Crippen molar-refractivity contribution in [2.75, 3.05) is 46.8 Å². The number of pyridine rings is 1. The molecule has 0 saturated carbocycles. The van der Waals surface area contributed by atoms with Gasteiger partial charge in [-0.3, -0.25) is 0 Å². The Labute approximate surface area is 229 Å². The third kappa shape index (κ3) is 5.94. The van der Waals surface area contributed by atoms with Gasteiger partial charge in [0.05, 0.1) is 18.4 Å². The van der Waals surface area contributed by atoms with Crippen LogP contribution in [0.15, 0.2) is 36.7 Å². The molecule has 11 heteroatoms. The van der Waals surface area contributed by atoms with Crippen molar-refractivity contribution in [3.63, 3.8) is 0 Å². The van der Waals surface area contributed by atoms with Gasteiger partial charge in [-0.2, -0.15) is 4.98 Å². The second kappa shape index (κ2) is 10.8. The highest BCUT2D eigenvalue weighted by Gasteiger charge is 2.36. The number of aromatic nitrogens is 3. The van der Waals surface area contributed by atoms with Crippen LogP contribution < -0.4 is 15.1 Å². The second-order valence-corrected chi connectivity index (χ2v) is 13.5. The number of nitrogens with zero attached hydrogens (tertiary/aromatic N) is 5. The van der Waals surface area contributed by atoms with Gasteiger partial charge in [-0.25, -0.2) is 22.8 Å². The number of anilines is 4. The molecular formula is C28H37FN6O3S. The lowest BCUT2D eigenvalue weighted by Gasteiger charge is -2.48. The molecule has 0 amide bonds. The van der Waals surface area contributed by atoms with E-state index >= 15 is 0 Å². The molecule has 2 fully saturated rings. The van der Waals surface area contributed by atoms with Gasteiger partial charge in [0.25, 0.3) is 0 Å². The van der Waals surface area contributed by atoms with Crippen molar-refractivity contribution in [2.45, 2.75) is 57.8 Å². The summed E-state index contributed by atoms with van der Waals surface area (Å²) in [7, 11) is -2.97. The molecule has 2 aromatic heterocycles. The van der Waals surface area contributed by atoms with Gasteiger partial charge in [-0.05, 0) is 60.7 Å². The molecule has 2 saturated heterocycles. The normalized spacial score (nSPS) is 23.8. The molecule has 1 aromatic carbocycles. The molecule has 0 unspecified atom stereocenters. The molecule has 0 aliphatic carbocycles. The minimum absolute atomic E-state index is 0.0589. The van der Waals surface area contributed by atoms with E-state index in [2.05, 4.69) is 53.1 Å². The number of alkyl halides is 1. The van der Waals surface area contributed by atoms with Crippen LogP contribution >= 0.6 is 0 Å². The summed E-state index contributed by atoms with van der Waals surface area (Å²) in [5, 5.41) is 15.2. The van der Waals surface area contributed by atoms with Crippen molar-refractivity contribution < 1.29 is 17.9 Å². The van der Waals surface area contributed by atoms with Crippen LogP contribution in [0.4, 0.5) is 27.7 Å². The number of benzene rings is 1. The number of hydrogen-bond acceptors (Lipinski definition) is 9. The molecule has 0 spiro atoms. The number of fused-ring (bicyclic) bond motifs is 1. The number of aliphatic hydroxyl groups is 1. The third-order valence-electron chi connectivity index (χ3n) is 8.00. The zero-order valence-corrected chi connectivity index (χ0v) is 23.7. The summed E-state index contributed by atoms with van der Waals surface area (Å²) in [5.74, 6) is 2.49. The number of sulfone groups is 1. The van der Waals surface area contributed by atoms with E-state index in [4.69, 9.17) is 4.98 Å². The van der Waals surface area contributed by atoms with Gasteiger partial charge in [0.2, 0.25) is 5.95 Å². The maximum atomic E-state index is 14.1. The van der Waals surface area contributed by atoms with Crippen LogP contribution in [0.25, 0.3) is 10.8 Å². The fourth-order valence-electron chi connectivity index (χ4n) is 5.55. The van der Waals surface area contributed by atoms with E-state index in [-0.39, 0.29) is 18.3 Å². The average Bonchev–Trinajstić information content (AvgIpc) is 2.88. The Bertz CT molecular complexity index is 1450. The third-order valence-corrected chi connectivity index (χ3v) is 8.97. The standard InChI is InChI=1S/C28H37FN6O3S/c1-17(2)20-5-6-24(35-15-19(18(35)3)9-12-39(4,37)38)22-14-31-27(13-21(20)22)32-26-7-10-30-28(33-26)34-11-8-25(36)23(29)16-34/h5-7,10,13-14,17-19,23,25,36H,8-9,11-12,15-16H2,1-4H3,(H,30,31,32,33)/t18-,19+,23-,25+/m1/s1. The smallest absolute Gasteiger partial charge is 0.227 e. The van der Waals surface area contributed by atoms with Gasteiger partial charge in [0.15, 0.2) is 0 Å². The Kier molecular flexibility index (Phi) is 7.65. The van der Waals surface area contributed by atoms with E-state index in [1.165, 1.54) is 11.8 Å². The average molecular weight is 557 g/mol. The molecule has 3 aromatic rings. The van der Waals surface area contributed by atoms with Crippen LogP contribution in [0.2, 0.25) is 0 Å². The summed E-state index contributed by atoms with van der Waals surface area (Å²) in [6, 6.07) is 8.36. The molecular weight excluding hydrogens is 519 g/mol. The molecule has 5 rings (SSSR count). The first-order chi connectivity index (χ1) is 18.5. The molecule has 2 aliphatic rings. The van der Waals surface area contributed by atoms with Crippen molar-refractivity contribution in [2.24, 2.45) is 5.92 Å². The van der Waals surface area contributed by atoms with Gasteiger partial charge in [0.1, 0.15) is 27.6 Å². The van der Waals surface area contributed by atoms with E-state index in [0.29, 0.717) is 48.8 Å². The minimum atomic E-state index is -2.97. The Morgan fingerprint density at radius 3 is 2.64 bits per heavy atom. The van der Waals surface area contributed by atoms with Gasteiger partial charge < -0.3 is 20.2 Å². The largest absolute Gasteiger partial charge is 0.390 e. The Balaban J connectivity index is 1.38. The van der Waals surface area contributed by atoms with Gasteiger partial charge in [-0.1, -0.05) is 19.9 Å². The number of piperidine rings is 1. The van der Waals surface area contributed by atoms with Crippen LogP contribution in [-0.4, -0.2) is 78.4 Å². The molecule has 2 N–H and O–H groups in total. The molecule has 210 valence electrons. The van der Waals surface area contributed by atoms with Crippen molar-refractivity contribution in [3.05, 3.63) is 42.2 Å². The predicted molar refractivity (Wildman–Crippen MR) is 154 cm³/mol. The van der Waals surface area contributed by atoms with E-state index in [1.807, 2.05) is 12.3 Å². The Hall–Kier alpha value is -3.05. The monoisotopic (exact) mass is 556 g/mol. The number of aliphatic hydroxyl groups excluding tert-OH is 1. The summed E-state index contributed by atoms with van der Waals surface area (Å²) in [5.41, 5.74) is 2.32. The molecule has 2 aliphatic heterocycles. The summed E-state index contributed by atoms with van der Waals surface area (Å²) in [4.78, 5) is 17.7. The highest BCUT2D eigenvalue weighted by Crippen LogP contribution is 2.40. The lowest BCUT2D eigenvalue weighted by molar-refractivity contribution is 0.0612. The highest BCUT2D eigenvalue weighted by atomic mass is 32.2. The van der Waals surface area contributed by atoms with Gasteiger partial charge in [0, 0.05) is 48.9 Å². The van der Waals surface area contributed by atoms with Crippen molar-refractivity contribution >= 4 is 43.9 Å². The highest BCUT2D eigenvalue weighted by molar-refractivity contribution is 7.90. The molecule has 39 heavy (non-hydrogen) atoms. The molecule has 4 heterocycles. The Morgan fingerprint density at radius 1 is 1.15 bits per heavy atom. The van der Waals surface area contributed by atoms with Gasteiger partial charge in [-0.15, -0.1) is 0 Å². The van der Waals surface area contributed by atoms with Gasteiger partial charge >= 0.3 is 0 Å². The van der Waals surface area contributed by atoms with Crippen LogP contribution in [0, 0.1) is 5.92 Å². The predicted octanol–water partition coefficient (Wildman–Crippen LogP) is 4.06. The maximum absolute atomic E-state index is 14.1. The lowest BCUT2D eigenvalue weighted by atomic mass is 9.85. The van der Waals surface area contributed by atoms with Crippen molar-refractivity contribution in [1.29, 1.82) is 0 Å². The van der Waals surface area contributed by atoms with Crippen LogP contribution in [-0.2, 0) is 9.84 Å². The number of hydrogen-bond donors (Lipinski definition) is 2. The van der Waals surface area contributed by atoms with Crippen LogP contribution in [0.3, 0.4) is 0 Å². The molecule has 0 radical (unpaired) electrons. The molecule has 9 nitrogen and oxygen atoms in total. The summed E-state index contributed by atoms with van der Waals surface area (Å²) in [6.45, 7) is 7.86. The summed E-state index contributed by atoms with van der Waals surface area (Å²) < 4.78 is 37.3. The van der Waals surface area contributed by atoms with E-state index in [9.17, 15) is 17.9 Å². The Morgan fingerprint density at radius 2 is 1.95 bits per heavy atom. The molecule has 0 bridgehead atoms. The topological polar surface area (TPSA) is 112 Å². The quantitative estimate of drug-likeness (QED) is 0.424. The minimum Gasteiger partial charge on any atom is -0.390 e. The molecule has 4 atom stereocenters. The lowest BCUT2D eigenvalue weighted by Crippen LogP contribution is -2.55. The van der Waals surface area contributed by atoms with E-state index in [1.54, 1.807) is 17.2 Å². The number of halogens is 1. The summed E-state index contributed by atoms with van der Waals surface area (Å²) >= 11 is 0. The maximum Gasteiger partial charge on any atom is 0.227 e. The van der Waals surface area contributed by atoms with Crippen molar-refractivity contribution in [3.8, 4) is 0 Å². The first-order valence-corrected chi connectivity index (χ1v) is 15.6. The van der Waals surface area contributed by atoms with Crippen LogP contribution in [0.5, 0.6) is 0 Å². The fraction of sp³-hybridized carbons (Fsp3) is 0.536. The second-order valence-electron chi connectivity index (χ2n) is 11.2. The summed E-state index contributed by atoms with van der Waals surface area (Å²) in [6.07, 6.45) is 3.56. The number of rotatable bonds is 8. The van der Waals surface area contributed by atoms with Crippen molar-refractivity contribution in [1.82, 2.24) is 15.0 Å². The first kappa shape index (κ1) is 27.5.